The van der Waals surface area contributed by atoms with Gasteiger partial charge in [0.15, 0.2) is 0 Å². The lowest BCUT2D eigenvalue weighted by Crippen LogP contribution is -2.01. The second kappa shape index (κ2) is 5.86. The average molecular weight is 261 g/mol. The minimum atomic E-state index is -0.778. The summed E-state index contributed by atoms with van der Waals surface area (Å²) in [6.45, 7) is 0. The van der Waals surface area contributed by atoms with Crippen LogP contribution in [-0.2, 0) is 4.84 Å². The monoisotopic (exact) mass is 261 g/mol. The van der Waals surface area contributed by atoms with E-state index in [4.69, 9.17) is 0 Å². The second-order valence-electron chi connectivity index (χ2n) is 3.61. The Morgan fingerprint density at radius 2 is 1.63 bits per heavy atom. The van der Waals surface area contributed by atoms with Gasteiger partial charge in [0.1, 0.15) is 11.6 Å². The third-order valence-electron chi connectivity index (χ3n) is 2.33. The summed E-state index contributed by atoms with van der Waals surface area (Å²) in [4.78, 5) is 16.0. The van der Waals surface area contributed by atoms with Crippen molar-refractivity contribution in [1.82, 2.24) is 0 Å². The lowest BCUT2D eigenvalue weighted by atomic mass is 10.2. The number of hydrogen-bond donors (Lipinski definition) is 0. The van der Waals surface area contributed by atoms with Crippen LogP contribution in [0.4, 0.5) is 8.78 Å². The minimum absolute atomic E-state index is 0.300. The molecule has 0 fully saturated rings. The Morgan fingerprint density at radius 3 is 2.26 bits per heavy atom. The van der Waals surface area contributed by atoms with Gasteiger partial charge in [-0.3, -0.25) is 0 Å². The van der Waals surface area contributed by atoms with Crippen molar-refractivity contribution in [3.63, 3.8) is 0 Å². The molecule has 96 valence electrons. The molecule has 2 aromatic rings. The molecule has 0 atom stereocenters. The first kappa shape index (κ1) is 12.9. The van der Waals surface area contributed by atoms with E-state index in [0.717, 1.165) is 18.3 Å². The summed E-state index contributed by atoms with van der Waals surface area (Å²) in [6.07, 6.45) is 0.825. The quantitative estimate of drug-likeness (QED) is 0.483. The summed E-state index contributed by atoms with van der Waals surface area (Å²) in [5.41, 5.74) is -0.0583. The maximum absolute atomic E-state index is 13.2. The van der Waals surface area contributed by atoms with Crippen LogP contribution in [0.25, 0.3) is 0 Å². The zero-order valence-electron chi connectivity index (χ0n) is 9.72. The Morgan fingerprint density at radius 1 is 1.00 bits per heavy atom. The van der Waals surface area contributed by atoms with Crippen LogP contribution >= 0.6 is 0 Å². The summed E-state index contributed by atoms with van der Waals surface area (Å²) < 4.78 is 26.5. The van der Waals surface area contributed by atoms with E-state index in [1.54, 1.807) is 30.3 Å². The molecule has 2 rings (SSSR count). The number of benzene rings is 2. The third-order valence-corrected chi connectivity index (χ3v) is 2.33. The standard InChI is InChI=1S/C14H9F2NO2/c15-12-7-4-8-13(16)11(12)9-17-19-14(18)10-5-2-1-3-6-10/h1-9H. The molecule has 0 bridgehead atoms. The molecular formula is C14H9F2NO2. The van der Waals surface area contributed by atoms with Gasteiger partial charge in [0.25, 0.3) is 0 Å². The molecular weight excluding hydrogens is 252 g/mol. The van der Waals surface area contributed by atoms with Gasteiger partial charge < -0.3 is 4.84 Å². The summed E-state index contributed by atoms with van der Waals surface area (Å²) in [5, 5.41) is 3.29. The number of halogens is 2. The first-order valence-corrected chi connectivity index (χ1v) is 5.42. The molecule has 0 N–H and O–H groups in total. The van der Waals surface area contributed by atoms with Crippen molar-refractivity contribution in [2.45, 2.75) is 0 Å². The first-order chi connectivity index (χ1) is 9.18. The SMILES string of the molecule is O=C(ON=Cc1c(F)cccc1F)c1ccccc1. The zero-order chi connectivity index (χ0) is 13.7. The number of oxime groups is 1. The van der Waals surface area contributed by atoms with Crippen LogP contribution in [-0.4, -0.2) is 12.2 Å². The van der Waals surface area contributed by atoms with Gasteiger partial charge in [0.05, 0.1) is 17.3 Å². The fourth-order valence-electron chi connectivity index (χ4n) is 1.39. The Kier molecular flexibility index (Phi) is 3.97. The van der Waals surface area contributed by atoms with E-state index in [1.807, 2.05) is 0 Å². The van der Waals surface area contributed by atoms with E-state index in [0.29, 0.717) is 5.56 Å². The van der Waals surface area contributed by atoms with Crippen molar-refractivity contribution in [2.75, 3.05) is 0 Å². The maximum Gasteiger partial charge on any atom is 0.365 e. The molecule has 5 heteroatoms. The highest BCUT2D eigenvalue weighted by atomic mass is 19.1. The lowest BCUT2D eigenvalue weighted by Gasteiger charge is -1.98. The zero-order valence-corrected chi connectivity index (χ0v) is 9.72. The molecule has 0 aliphatic carbocycles. The second-order valence-corrected chi connectivity index (χ2v) is 3.61. The van der Waals surface area contributed by atoms with Gasteiger partial charge in [-0.1, -0.05) is 29.4 Å². The smallest absolute Gasteiger partial charge is 0.313 e. The van der Waals surface area contributed by atoms with Crippen molar-refractivity contribution >= 4 is 12.2 Å². The van der Waals surface area contributed by atoms with Gasteiger partial charge >= 0.3 is 5.97 Å². The Hall–Kier alpha value is -2.56. The van der Waals surface area contributed by atoms with E-state index in [2.05, 4.69) is 9.99 Å². The van der Waals surface area contributed by atoms with Crippen molar-refractivity contribution < 1.29 is 18.4 Å². The fourth-order valence-corrected chi connectivity index (χ4v) is 1.39. The molecule has 0 heterocycles. The van der Waals surface area contributed by atoms with Crippen LogP contribution in [0.1, 0.15) is 15.9 Å². The normalized spacial score (nSPS) is 10.6. The minimum Gasteiger partial charge on any atom is -0.313 e. The molecule has 0 unspecified atom stereocenters. The third kappa shape index (κ3) is 3.22. The number of nitrogens with zero attached hydrogens (tertiary/aromatic N) is 1. The van der Waals surface area contributed by atoms with Crippen LogP contribution in [0.3, 0.4) is 0 Å². The highest BCUT2D eigenvalue weighted by Crippen LogP contribution is 2.09. The average Bonchev–Trinajstić information content (AvgIpc) is 2.43. The van der Waals surface area contributed by atoms with Crippen molar-refractivity contribution in [3.05, 3.63) is 71.3 Å². The molecule has 0 aliphatic rings. The largest absolute Gasteiger partial charge is 0.365 e. The molecule has 0 amide bonds. The van der Waals surface area contributed by atoms with E-state index in [-0.39, 0.29) is 5.56 Å². The van der Waals surface area contributed by atoms with E-state index in [9.17, 15) is 13.6 Å². The van der Waals surface area contributed by atoms with Crippen LogP contribution < -0.4 is 0 Å². The van der Waals surface area contributed by atoms with Gasteiger partial charge in [-0.2, -0.15) is 0 Å². The van der Waals surface area contributed by atoms with Gasteiger partial charge in [-0.15, -0.1) is 0 Å². The molecule has 3 nitrogen and oxygen atoms in total. The number of rotatable bonds is 3. The number of carbonyl (C=O) groups is 1. The highest BCUT2D eigenvalue weighted by Gasteiger charge is 2.07. The molecule has 0 radical (unpaired) electrons. The Labute approximate surface area is 108 Å². The van der Waals surface area contributed by atoms with Gasteiger partial charge in [0, 0.05) is 0 Å². The molecule has 0 aliphatic heterocycles. The first-order valence-electron chi connectivity index (χ1n) is 5.42. The highest BCUT2D eigenvalue weighted by molar-refractivity contribution is 5.90. The molecule has 19 heavy (non-hydrogen) atoms. The molecule has 0 saturated carbocycles. The summed E-state index contributed by atoms with van der Waals surface area (Å²) >= 11 is 0. The fraction of sp³-hybridized carbons (Fsp3) is 0. The molecule has 0 saturated heterocycles. The maximum atomic E-state index is 13.2. The molecule has 0 spiro atoms. The topological polar surface area (TPSA) is 38.7 Å². The van der Waals surface area contributed by atoms with Crippen molar-refractivity contribution in [1.29, 1.82) is 0 Å². The predicted octanol–water partition coefficient (Wildman–Crippen LogP) is 3.16. The predicted molar refractivity (Wildman–Crippen MR) is 65.8 cm³/mol. The summed E-state index contributed by atoms with van der Waals surface area (Å²) in [5.74, 6) is -2.26. The van der Waals surface area contributed by atoms with Gasteiger partial charge in [0.2, 0.25) is 0 Å². The van der Waals surface area contributed by atoms with Crippen LogP contribution in [0.5, 0.6) is 0 Å². The van der Waals surface area contributed by atoms with Crippen LogP contribution in [0.2, 0.25) is 0 Å². The van der Waals surface area contributed by atoms with Crippen LogP contribution in [0, 0.1) is 11.6 Å². The van der Waals surface area contributed by atoms with E-state index in [1.165, 1.54) is 6.07 Å². The lowest BCUT2D eigenvalue weighted by molar-refractivity contribution is 0.0519. The van der Waals surface area contributed by atoms with Crippen LogP contribution in [0.15, 0.2) is 53.7 Å². The van der Waals surface area contributed by atoms with E-state index < -0.39 is 17.6 Å². The molecule has 2 aromatic carbocycles. The Bertz CT molecular complexity index is 592. The number of hydrogen-bond acceptors (Lipinski definition) is 3. The number of carbonyl (C=O) groups excluding carboxylic acids is 1. The van der Waals surface area contributed by atoms with Crippen molar-refractivity contribution in [3.8, 4) is 0 Å². The summed E-state index contributed by atoms with van der Waals surface area (Å²) in [7, 11) is 0. The summed E-state index contributed by atoms with van der Waals surface area (Å²) in [6, 6.07) is 11.6. The molecule has 0 aromatic heterocycles. The Balaban J connectivity index is 2.07. The van der Waals surface area contributed by atoms with E-state index >= 15 is 0 Å². The van der Waals surface area contributed by atoms with Gasteiger partial charge in [-0.25, -0.2) is 13.6 Å². The van der Waals surface area contributed by atoms with Gasteiger partial charge in [-0.05, 0) is 24.3 Å². The van der Waals surface area contributed by atoms with Crippen molar-refractivity contribution in [2.24, 2.45) is 5.16 Å².